The Morgan fingerprint density at radius 1 is 1.07 bits per heavy atom. The fourth-order valence-corrected chi connectivity index (χ4v) is 3.91. The first-order valence-electron chi connectivity index (χ1n) is 9.79. The average molecular weight is 392 g/mol. The monoisotopic (exact) mass is 392 g/mol. The SMILES string of the molecule is Cn1c(C(NC(=O)N2CCC(C(=O)O)CC2)c2ccccc2)nc2ccccc21. The van der Waals surface area contributed by atoms with Gasteiger partial charge in [0, 0.05) is 20.1 Å². The highest BCUT2D eigenvalue weighted by molar-refractivity contribution is 5.78. The first-order chi connectivity index (χ1) is 14.0. The molecule has 29 heavy (non-hydrogen) atoms. The number of hydrogen-bond donors (Lipinski definition) is 2. The van der Waals surface area contributed by atoms with Crippen molar-refractivity contribution in [3.63, 3.8) is 0 Å². The van der Waals surface area contributed by atoms with Gasteiger partial charge in [0.05, 0.1) is 17.0 Å². The minimum atomic E-state index is -0.785. The van der Waals surface area contributed by atoms with Crippen LogP contribution in [0, 0.1) is 5.92 Å². The van der Waals surface area contributed by atoms with Crippen molar-refractivity contribution in [3.8, 4) is 0 Å². The number of para-hydroxylation sites is 2. The summed E-state index contributed by atoms with van der Waals surface area (Å²) in [5.41, 5.74) is 2.82. The number of nitrogens with zero attached hydrogens (tertiary/aromatic N) is 3. The van der Waals surface area contributed by atoms with Crippen LogP contribution in [0.5, 0.6) is 0 Å². The van der Waals surface area contributed by atoms with Crippen molar-refractivity contribution in [3.05, 3.63) is 66.0 Å². The normalized spacial score (nSPS) is 16.0. The van der Waals surface area contributed by atoms with Gasteiger partial charge in [0.2, 0.25) is 0 Å². The van der Waals surface area contributed by atoms with Crippen molar-refractivity contribution in [2.24, 2.45) is 13.0 Å². The number of aryl methyl sites for hydroxylation is 1. The van der Waals surface area contributed by atoms with E-state index in [0.29, 0.717) is 25.9 Å². The van der Waals surface area contributed by atoms with Gasteiger partial charge in [-0.3, -0.25) is 4.79 Å². The number of fused-ring (bicyclic) bond motifs is 1. The van der Waals surface area contributed by atoms with Gasteiger partial charge in [-0.2, -0.15) is 0 Å². The Morgan fingerprint density at radius 2 is 1.72 bits per heavy atom. The number of aromatic nitrogens is 2. The molecule has 2 N–H and O–H groups in total. The van der Waals surface area contributed by atoms with E-state index >= 15 is 0 Å². The van der Waals surface area contributed by atoms with E-state index in [2.05, 4.69) is 5.32 Å². The summed E-state index contributed by atoms with van der Waals surface area (Å²) in [6.45, 7) is 0.875. The summed E-state index contributed by atoms with van der Waals surface area (Å²) >= 11 is 0. The number of likely N-dealkylation sites (tertiary alicyclic amines) is 1. The Morgan fingerprint density at radius 3 is 2.38 bits per heavy atom. The van der Waals surface area contributed by atoms with E-state index in [4.69, 9.17) is 4.98 Å². The van der Waals surface area contributed by atoms with Crippen molar-refractivity contribution < 1.29 is 14.7 Å². The third kappa shape index (κ3) is 3.81. The topological polar surface area (TPSA) is 87.5 Å². The van der Waals surface area contributed by atoms with Crippen LogP contribution in [0.4, 0.5) is 4.79 Å². The molecule has 7 nitrogen and oxygen atoms in total. The van der Waals surface area contributed by atoms with Crippen LogP contribution in [-0.4, -0.2) is 44.6 Å². The van der Waals surface area contributed by atoms with Crippen LogP contribution < -0.4 is 5.32 Å². The number of carbonyl (C=O) groups is 2. The zero-order valence-electron chi connectivity index (χ0n) is 16.3. The predicted octanol–water partition coefficient (Wildman–Crippen LogP) is 3.17. The fourth-order valence-electron chi connectivity index (χ4n) is 3.91. The van der Waals surface area contributed by atoms with E-state index in [0.717, 1.165) is 22.4 Å². The molecular formula is C22H24N4O3. The van der Waals surface area contributed by atoms with Crippen LogP contribution in [0.15, 0.2) is 54.6 Å². The Labute approximate surface area is 169 Å². The minimum absolute atomic E-state index is 0.199. The van der Waals surface area contributed by atoms with Crippen LogP contribution in [0.2, 0.25) is 0 Å². The molecule has 2 aromatic carbocycles. The Hall–Kier alpha value is -3.35. The van der Waals surface area contributed by atoms with Crippen LogP contribution in [0.3, 0.4) is 0 Å². The van der Waals surface area contributed by atoms with Crippen molar-refractivity contribution in [1.29, 1.82) is 0 Å². The molecule has 0 saturated carbocycles. The summed E-state index contributed by atoms with van der Waals surface area (Å²) in [5.74, 6) is -0.401. The largest absolute Gasteiger partial charge is 0.481 e. The van der Waals surface area contributed by atoms with E-state index in [-0.39, 0.29) is 11.9 Å². The van der Waals surface area contributed by atoms with Crippen molar-refractivity contribution in [2.75, 3.05) is 13.1 Å². The lowest BCUT2D eigenvalue weighted by Gasteiger charge is -2.31. The molecule has 0 bridgehead atoms. The molecule has 1 atom stereocenters. The van der Waals surface area contributed by atoms with Gasteiger partial charge < -0.3 is 19.9 Å². The molecule has 1 aromatic heterocycles. The highest BCUT2D eigenvalue weighted by atomic mass is 16.4. The quantitative estimate of drug-likeness (QED) is 0.714. The molecule has 0 spiro atoms. The highest BCUT2D eigenvalue weighted by Crippen LogP contribution is 2.26. The summed E-state index contributed by atoms with van der Waals surface area (Å²) in [6.07, 6.45) is 0.954. The molecule has 1 aliphatic rings. The number of aliphatic carboxylic acids is 1. The zero-order chi connectivity index (χ0) is 20.4. The van der Waals surface area contributed by atoms with Crippen LogP contribution in [0.1, 0.15) is 30.3 Å². The molecule has 1 saturated heterocycles. The van der Waals surface area contributed by atoms with Crippen LogP contribution >= 0.6 is 0 Å². The third-order valence-electron chi connectivity index (χ3n) is 5.61. The number of benzene rings is 2. The third-order valence-corrected chi connectivity index (χ3v) is 5.61. The van der Waals surface area contributed by atoms with Crippen LogP contribution in [-0.2, 0) is 11.8 Å². The Kier molecular flexibility index (Phi) is 5.20. The second-order valence-corrected chi connectivity index (χ2v) is 7.41. The molecular weight excluding hydrogens is 368 g/mol. The predicted molar refractivity (Wildman–Crippen MR) is 109 cm³/mol. The van der Waals surface area contributed by atoms with Gasteiger partial charge in [-0.15, -0.1) is 0 Å². The first-order valence-corrected chi connectivity index (χ1v) is 9.79. The molecule has 7 heteroatoms. The second kappa shape index (κ2) is 7.95. The maximum Gasteiger partial charge on any atom is 0.318 e. The maximum atomic E-state index is 13.0. The lowest BCUT2D eigenvalue weighted by molar-refractivity contribution is -0.143. The number of imidazole rings is 1. The van der Waals surface area contributed by atoms with E-state index in [1.54, 1.807) is 4.90 Å². The number of piperidine rings is 1. The molecule has 150 valence electrons. The molecule has 1 aliphatic heterocycles. The Bertz CT molecular complexity index is 1020. The highest BCUT2D eigenvalue weighted by Gasteiger charge is 2.29. The van der Waals surface area contributed by atoms with Gasteiger partial charge >= 0.3 is 12.0 Å². The van der Waals surface area contributed by atoms with E-state index < -0.39 is 12.0 Å². The molecule has 2 heterocycles. The van der Waals surface area contributed by atoms with E-state index in [1.165, 1.54) is 0 Å². The zero-order valence-corrected chi connectivity index (χ0v) is 16.3. The molecule has 2 amide bonds. The number of carboxylic acid groups (broad SMARTS) is 1. The number of urea groups is 1. The summed E-state index contributed by atoms with van der Waals surface area (Å²) < 4.78 is 2.00. The van der Waals surface area contributed by atoms with Gasteiger partial charge in [-0.05, 0) is 30.5 Å². The molecule has 1 fully saturated rings. The van der Waals surface area contributed by atoms with Crippen molar-refractivity contribution in [2.45, 2.75) is 18.9 Å². The molecule has 0 radical (unpaired) electrons. The summed E-state index contributed by atoms with van der Waals surface area (Å²) in [7, 11) is 1.95. The lowest BCUT2D eigenvalue weighted by Crippen LogP contribution is -2.47. The lowest BCUT2D eigenvalue weighted by atomic mass is 9.97. The maximum absolute atomic E-state index is 13.0. The van der Waals surface area contributed by atoms with E-state index in [9.17, 15) is 14.7 Å². The van der Waals surface area contributed by atoms with Gasteiger partial charge in [-0.1, -0.05) is 42.5 Å². The van der Waals surface area contributed by atoms with Gasteiger partial charge in [0.1, 0.15) is 11.9 Å². The number of carboxylic acids is 1. The minimum Gasteiger partial charge on any atom is -0.481 e. The summed E-state index contributed by atoms with van der Waals surface area (Å²) in [6, 6.07) is 17.0. The summed E-state index contributed by atoms with van der Waals surface area (Å²) in [4.78, 5) is 30.6. The van der Waals surface area contributed by atoms with Crippen molar-refractivity contribution in [1.82, 2.24) is 19.8 Å². The molecule has 3 aromatic rings. The number of amides is 2. The Balaban J connectivity index is 1.61. The first kappa shape index (κ1) is 19.0. The number of nitrogens with one attached hydrogen (secondary N) is 1. The number of rotatable bonds is 4. The number of carbonyl (C=O) groups excluding carboxylic acids is 1. The summed E-state index contributed by atoms with van der Waals surface area (Å²) in [5, 5.41) is 12.3. The van der Waals surface area contributed by atoms with Gasteiger partial charge in [0.15, 0.2) is 0 Å². The average Bonchev–Trinajstić information content (AvgIpc) is 3.09. The number of hydrogen-bond acceptors (Lipinski definition) is 3. The smallest absolute Gasteiger partial charge is 0.318 e. The second-order valence-electron chi connectivity index (χ2n) is 7.41. The van der Waals surface area contributed by atoms with Crippen LogP contribution in [0.25, 0.3) is 11.0 Å². The van der Waals surface area contributed by atoms with E-state index in [1.807, 2.05) is 66.2 Å². The molecule has 1 unspecified atom stereocenters. The fraction of sp³-hybridized carbons (Fsp3) is 0.318. The van der Waals surface area contributed by atoms with Gasteiger partial charge in [-0.25, -0.2) is 9.78 Å². The van der Waals surface area contributed by atoms with Gasteiger partial charge in [0.25, 0.3) is 0 Å². The standard InChI is InChI=1S/C22H24N4O3/c1-25-18-10-6-5-9-17(18)23-20(25)19(15-7-3-2-4-8-15)24-22(29)26-13-11-16(12-14-26)21(27)28/h2-10,16,19H,11-14H2,1H3,(H,24,29)(H,27,28). The molecule has 0 aliphatic carbocycles. The van der Waals surface area contributed by atoms with Crippen molar-refractivity contribution >= 4 is 23.0 Å². The molecule has 4 rings (SSSR count).